The normalized spacial score (nSPS) is 12.3. The summed E-state index contributed by atoms with van der Waals surface area (Å²) in [5, 5.41) is 9.06. The van der Waals surface area contributed by atoms with Crippen LogP contribution in [0.4, 0.5) is 0 Å². The van der Waals surface area contributed by atoms with Gasteiger partial charge in [0.2, 0.25) is 0 Å². The molecule has 1 nitrogen and oxygen atoms in total. The number of hydrogen-bond acceptors (Lipinski definition) is 1. The van der Waals surface area contributed by atoms with E-state index in [-0.39, 0.29) is 5.41 Å². The minimum absolute atomic E-state index is 0.233. The summed E-state index contributed by atoms with van der Waals surface area (Å²) in [6, 6.07) is 12.1. The van der Waals surface area contributed by atoms with Gasteiger partial charge in [0.05, 0.1) is 11.6 Å². The van der Waals surface area contributed by atoms with Crippen LogP contribution >= 0.6 is 0 Å². The van der Waals surface area contributed by atoms with Crippen LogP contribution in [0, 0.1) is 16.7 Å². The summed E-state index contributed by atoms with van der Waals surface area (Å²) in [7, 11) is 0. The molecule has 0 aliphatic heterocycles. The first-order valence-corrected chi connectivity index (χ1v) is 5.18. The van der Waals surface area contributed by atoms with Crippen molar-refractivity contribution in [1.82, 2.24) is 0 Å². The van der Waals surface area contributed by atoms with E-state index in [0.717, 1.165) is 17.6 Å². The Morgan fingerprint density at radius 2 is 1.87 bits per heavy atom. The fourth-order valence-corrected chi connectivity index (χ4v) is 1.25. The molecule has 0 spiro atoms. The van der Waals surface area contributed by atoms with Crippen molar-refractivity contribution in [3.8, 4) is 6.07 Å². The van der Waals surface area contributed by atoms with Crippen LogP contribution in [-0.2, 0) is 0 Å². The first-order chi connectivity index (χ1) is 7.03. The van der Waals surface area contributed by atoms with Gasteiger partial charge in [-0.1, -0.05) is 57.2 Å². The molecule has 0 amide bonds. The average Bonchev–Trinajstić information content (AvgIpc) is 2.19. The van der Waals surface area contributed by atoms with Crippen LogP contribution in [0.5, 0.6) is 0 Å². The van der Waals surface area contributed by atoms with Crippen molar-refractivity contribution in [2.45, 2.75) is 27.2 Å². The maximum atomic E-state index is 9.06. The van der Waals surface area contributed by atoms with Crippen molar-refractivity contribution >= 4 is 5.57 Å². The molecule has 1 aromatic rings. The summed E-state index contributed by atoms with van der Waals surface area (Å²) < 4.78 is 0. The molecule has 0 saturated heterocycles. The summed E-state index contributed by atoms with van der Waals surface area (Å²) >= 11 is 0. The molecule has 1 heteroatoms. The van der Waals surface area contributed by atoms with E-state index in [1.54, 1.807) is 0 Å². The molecule has 0 N–H and O–H groups in total. The monoisotopic (exact) mass is 199 g/mol. The lowest BCUT2D eigenvalue weighted by atomic mass is 9.90. The highest BCUT2D eigenvalue weighted by Gasteiger charge is 2.08. The van der Waals surface area contributed by atoms with Crippen LogP contribution in [0.3, 0.4) is 0 Å². The second kappa shape index (κ2) is 4.79. The molecule has 0 fully saturated rings. The van der Waals surface area contributed by atoms with Gasteiger partial charge in [0.1, 0.15) is 0 Å². The molecule has 15 heavy (non-hydrogen) atoms. The van der Waals surface area contributed by atoms with Crippen molar-refractivity contribution in [2.24, 2.45) is 5.41 Å². The molecule has 0 aliphatic carbocycles. The topological polar surface area (TPSA) is 23.8 Å². The zero-order chi connectivity index (χ0) is 11.3. The number of nitriles is 1. The zero-order valence-corrected chi connectivity index (χ0v) is 9.62. The Kier molecular flexibility index (Phi) is 3.68. The largest absolute Gasteiger partial charge is 0.192 e. The predicted molar refractivity (Wildman–Crippen MR) is 64.1 cm³/mol. The average molecular weight is 199 g/mol. The molecular weight excluding hydrogens is 182 g/mol. The van der Waals surface area contributed by atoms with Crippen molar-refractivity contribution in [3.05, 3.63) is 42.0 Å². The Labute approximate surface area is 92.1 Å². The quantitative estimate of drug-likeness (QED) is 0.660. The number of hydrogen-bond donors (Lipinski definition) is 0. The van der Waals surface area contributed by atoms with E-state index in [0.29, 0.717) is 0 Å². The first kappa shape index (κ1) is 11.5. The molecule has 1 rings (SSSR count). The fourth-order valence-electron chi connectivity index (χ4n) is 1.25. The summed E-state index contributed by atoms with van der Waals surface area (Å²) in [6.07, 6.45) is 2.94. The highest BCUT2D eigenvalue weighted by atomic mass is 14.2. The minimum Gasteiger partial charge on any atom is -0.192 e. The number of rotatable bonds is 2. The van der Waals surface area contributed by atoms with E-state index in [1.165, 1.54) is 0 Å². The summed E-state index contributed by atoms with van der Waals surface area (Å²) in [5.41, 5.74) is 2.01. The molecule has 0 aromatic heterocycles. The van der Waals surface area contributed by atoms with E-state index >= 15 is 0 Å². The van der Waals surface area contributed by atoms with E-state index in [4.69, 9.17) is 5.26 Å². The second-order valence-corrected chi connectivity index (χ2v) is 4.86. The molecule has 1 aromatic carbocycles. The third kappa shape index (κ3) is 3.99. The van der Waals surface area contributed by atoms with Crippen LogP contribution in [0.2, 0.25) is 0 Å². The molecule has 0 heterocycles. The van der Waals surface area contributed by atoms with Gasteiger partial charge >= 0.3 is 0 Å². The Balaban J connectivity index is 2.87. The maximum absolute atomic E-state index is 9.06. The fraction of sp³-hybridized carbons (Fsp3) is 0.357. The summed E-state index contributed by atoms with van der Waals surface area (Å²) in [6.45, 7) is 6.51. The van der Waals surface area contributed by atoms with Crippen LogP contribution in [0.1, 0.15) is 32.8 Å². The van der Waals surface area contributed by atoms with E-state index in [2.05, 4.69) is 26.8 Å². The molecule has 0 saturated carbocycles. The van der Waals surface area contributed by atoms with E-state index in [1.807, 2.05) is 36.4 Å². The number of allylic oxidation sites excluding steroid dienone is 2. The van der Waals surface area contributed by atoms with Gasteiger partial charge in [0.15, 0.2) is 0 Å². The van der Waals surface area contributed by atoms with Crippen molar-refractivity contribution in [1.29, 1.82) is 5.26 Å². The van der Waals surface area contributed by atoms with Crippen LogP contribution < -0.4 is 0 Å². The lowest BCUT2D eigenvalue weighted by molar-refractivity contribution is 0.421. The lowest BCUT2D eigenvalue weighted by Gasteiger charge is -2.15. The zero-order valence-electron chi connectivity index (χ0n) is 9.62. The van der Waals surface area contributed by atoms with E-state index < -0.39 is 0 Å². The van der Waals surface area contributed by atoms with Gasteiger partial charge in [0.25, 0.3) is 0 Å². The SMILES string of the molecule is CC(C)(C)C/C=C(\C#N)c1ccccc1. The minimum atomic E-state index is 0.233. The van der Waals surface area contributed by atoms with Gasteiger partial charge < -0.3 is 0 Å². The Morgan fingerprint density at radius 1 is 1.27 bits per heavy atom. The Bertz CT molecular complexity index is 374. The molecule has 0 aliphatic rings. The highest BCUT2D eigenvalue weighted by molar-refractivity contribution is 5.76. The highest BCUT2D eigenvalue weighted by Crippen LogP contribution is 2.22. The number of benzene rings is 1. The summed E-state index contributed by atoms with van der Waals surface area (Å²) in [5.74, 6) is 0. The first-order valence-electron chi connectivity index (χ1n) is 5.18. The van der Waals surface area contributed by atoms with Crippen LogP contribution in [0.15, 0.2) is 36.4 Å². The van der Waals surface area contributed by atoms with Crippen molar-refractivity contribution < 1.29 is 0 Å². The Hall–Kier alpha value is -1.55. The van der Waals surface area contributed by atoms with Crippen LogP contribution in [-0.4, -0.2) is 0 Å². The van der Waals surface area contributed by atoms with Gasteiger partial charge in [-0.25, -0.2) is 0 Å². The molecule has 0 unspecified atom stereocenters. The molecule has 0 bridgehead atoms. The molecular formula is C14H17N. The third-order valence-electron chi connectivity index (χ3n) is 2.12. The molecule has 0 radical (unpaired) electrons. The Morgan fingerprint density at radius 3 is 2.33 bits per heavy atom. The predicted octanol–water partition coefficient (Wildman–Crippen LogP) is 4.03. The third-order valence-corrected chi connectivity index (χ3v) is 2.12. The van der Waals surface area contributed by atoms with E-state index in [9.17, 15) is 0 Å². The van der Waals surface area contributed by atoms with Crippen molar-refractivity contribution in [2.75, 3.05) is 0 Å². The van der Waals surface area contributed by atoms with Gasteiger partial charge in [-0.3, -0.25) is 0 Å². The van der Waals surface area contributed by atoms with Crippen LogP contribution in [0.25, 0.3) is 5.57 Å². The standard InChI is InChI=1S/C14H17N/c1-14(2,3)10-9-13(11-15)12-7-5-4-6-8-12/h4-9H,10H2,1-3H3/b13-9+. The maximum Gasteiger partial charge on any atom is 0.0994 e. The smallest absolute Gasteiger partial charge is 0.0994 e. The molecule has 78 valence electrons. The van der Waals surface area contributed by atoms with Gasteiger partial charge in [0, 0.05) is 0 Å². The van der Waals surface area contributed by atoms with Gasteiger partial charge in [-0.2, -0.15) is 5.26 Å². The summed E-state index contributed by atoms with van der Waals surface area (Å²) in [4.78, 5) is 0. The van der Waals surface area contributed by atoms with Gasteiger partial charge in [-0.15, -0.1) is 0 Å². The lowest BCUT2D eigenvalue weighted by Crippen LogP contribution is -2.02. The van der Waals surface area contributed by atoms with Gasteiger partial charge in [-0.05, 0) is 17.4 Å². The van der Waals surface area contributed by atoms with Crippen molar-refractivity contribution in [3.63, 3.8) is 0 Å². The molecule has 0 atom stereocenters. The number of nitrogens with zero attached hydrogens (tertiary/aromatic N) is 1. The second-order valence-electron chi connectivity index (χ2n) is 4.86.